The van der Waals surface area contributed by atoms with Crippen molar-refractivity contribution in [1.29, 1.82) is 0 Å². The minimum absolute atomic E-state index is 0.0720. The lowest BCUT2D eigenvalue weighted by molar-refractivity contribution is 0.373. The van der Waals surface area contributed by atoms with Crippen molar-refractivity contribution in [3.8, 4) is 22.8 Å². The van der Waals surface area contributed by atoms with Crippen LogP contribution in [-0.2, 0) is 0 Å². The van der Waals surface area contributed by atoms with Crippen LogP contribution in [0.15, 0.2) is 82.3 Å². The third kappa shape index (κ3) is 3.99. The highest BCUT2D eigenvalue weighted by molar-refractivity contribution is 5.83. The molecule has 2 N–H and O–H groups in total. The number of rotatable bonds is 4. The van der Waals surface area contributed by atoms with E-state index in [1.54, 1.807) is 18.2 Å². The van der Waals surface area contributed by atoms with E-state index < -0.39 is 0 Å². The van der Waals surface area contributed by atoms with Crippen molar-refractivity contribution in [2.24, 2.45) is 5.10 Å². The van der Waals surface area contributed by atoms with E-state index in [1.807, 2.05) is 56.3 Å². The quantitative estimate of drug-likeness (QED) is 0.342. The van der Waals surface area contributed by atoms with E-state index in [0.29, 0.717) is 17.3 Å². The molecule has 0 aliphatic heterocycles. The molecular formula is C27H23N3O3. The van der Waals surface area contributed by atoms with Crippen molar-refractivity contribution < 1.29 is 14.3 Å². The highest BCUT2D eigenvalue weighted by Gasteiger charge is 2.11. The van der Waals surface area contributed by atoms with E-state index in [-0.39, 0.29) is 5.75 Å². The first-order valence-electron chi connectivity index (χ1n) is 10.6. The first kappa shape index (κ1) is 20.6. The van der Waals surface area contributed by atoms with Crippen LogP contribution in [0.4, 0.5) is 5.82 Å². The van der Waals surface area contributed by atoms with Gasteiger partial charge in [-0.15, -0.1) is 0 Å². The van der Waals surface area contributed by atoms with Crippen molar-refractivity contribution in [1.82, 2.24) is 4.98 Å². The Bertz CT molecular complexity index is 1570. The molecule has 0 saturated heterocycles. The van der Waals surface area contributed by atoms with Crippen LogP contribution in [0.5, 0.6) is 11.5 Å². The zero-order valence-corrected chi connectivity index (χ0v) is 18.6. The number of aromatic hydroxyl groups is 1. The number of aromatic nitrogens is 1. The molecule has 0 unspecified atom stereocenters. The van der Waals surface area contributed by atoms with E-state index in [0.717, 1.165) is 43.9 Å². The molecule has 0 atom stereocenters. The lowest BCUT2D eigenvalue weighted by Crippen LogP contribution is -2.09. The van der Waals surface area contributed by atoms with E-state index in [4.69, 9.17) is 9.15 Å². The summed E-state index contributed by atoms with van der Waals surface area (Å²) in [5.41, 5.74) is 7.65. The van der Waals surface area contributed by atoms with Crippen LogP contribution in [0.2, 0.25) is 0 Å². The third-order valence-corrected chi connectivity index (χ3v) is 5.53. The van der Waals surface area contributed by atoms with Crippen molar-refractivity contribution >= 4 is 27.7 Å². The van der Waals surface area contributed by atoms with Crippen LogP contribution in [0.3, 0.4) is 0 Å². The number of nitrogens with one attached hydrogen (secondary N) is 1. The minimum Gasteiger partial charge on any atom is -0.504 e. The number of methoxy groups -OCH3 is 1. The van der Waals surface area contributed by atoms with Gasteiger partial charge in [-0.05, 0) is 67.4 Å². The fraction of sp³-hybridized carbons (Fsp3) is 0.111. The molecule has 0 amide bonds. The van der Waals surface area contributed by atoms with Gasteiger partial charge in [0.25, 0.3) is 0 Å². The first-order chi connectivity index (χ1) is 16.0. The van der Waals surface area contributed by atoms with Crippen LogP contribution in [0.1, 0.15) is 11.1 Å². The fourth-order valence-corrected chi connectivity index (χ4v) is 3.93. The maximum atomic E-state index is 9.98. The number of para-hydroxylation sites is 1. The molecule has 0 saturated carbocycles. The molecule has 0 bridgehead atoms. The molecule has 0 aliphatic rings. The van der Waals surface area contributed by atoms with E-state index >= 15 is 0 Å². The summed E-state index contributed by atoms with van der Waals surface area (Å²) in [6.45, 7) is 4.06. The van der Waals surface area contributed by atoms with Crippen molar-refractivity contribution in [3.63, 3.8) is 0 Å². The molecule has 5 aromatic rings. The first-order valence-corrected chi connectivity index (χ1v) is 10.6. The van der Waals surface area contributed by atoms with Gasteiger partial charge >= 0.3 is 0 Å². The summed E-state index contributed by atoms with van der Waals surface area (Å²) in [4.78, 5) is 4.65. The smallest absolute Gasteiger partial charge is 0.161 e. The summed E-state index contributed by atoms with van der Waals surface area (Å²) >= 11 is 0. The van der Waals surface area contributed by atoms with E-state index in [2.05, 4.69) is 27.6 Å². The van der Waals surface area contributed by atoms with E-state index in [1.165, 1.54) is 7.11 Å². The second-order valence-corrected chi connectivity index (χ2v) is 7.95. The highest BCUT2D eigenvalue weighted by Crippen LogP contribution is 2.32. The van der Waals surface area contributed by atoms with Crippen LogP contribution in [0.25, 0.3) is 33.2 Å². The zero-order chi connectivity index (χ0) is 22.9. The fourth-order valence-electron chi connectivity index (χ4n) is 3.93. The molecular weight excluding hydrogens is 414 g/mol. The predicted octanol–water partition coefficient (Wildman–Crippen LogP) is 5.91. The number of aryl methyl sites for hydroxylation is 2. The standard InChI is InChI=1S/C27H23N3O3/c1-16-12-17(2)27-20(13-16)22(15-24(33-27)19-8-10-23(31)25(14-19)32-3)29-30-26-11-9-18-6-4-5-7-21(18)28-26/h4-15,31H,1-3H3,(H,28,30). The molecule has 5 rings (SSSR count). The average molecular weight is 437 g/mol. The number of ether oxygens (including phenoxy) is 1. The number of benzene rings is 3. The molecule has 33 heavy (non-hydrogen) atoms. The minimum atomic E-state index is 0.0720. The van der Waals surface area contributed by atoms with E-state index in [9.17, 15) is 5.11 Å². The SMILES string of the molecule is COc1cc(-c2cc(=NNc3ccc4ccccc4n3)c3cc(C)cc(C)c3o2)ccc1O. The van der Waals surface area contributed by atoms with Gasteiger partial charge in [-0.1, -0.05) is 24.3 Å². The predicted molar refractivity (Wildman–Crippen MR) is 130 cm³/mol. The maximum Gasteiger partial charge on any atom is 0.161 e. The number of phenolic OH excluding ortho intramolecular Hbond substituents is 1. The van der Waals surface area contributed by atoms with Gasteiger partial charge in [0.2, 0.25) is 0 Å². The average Bonchev–Trinajstić information content (AvgIpc) is 2.83. The van der Waals surface area contributed by atoms with Gasteiger partial charge in [0.05, 0.1) is 18.0 Å². The summed E-state index contributed by atoms with van der Waals surface area (Å²) in [7, 11) is 1.52. The molecule has 0 fully saturated rings. The Balaban J connectivity index is 1.67. The maximum absolute atomic E-state index is 9.98. The summed E-state index contributed by atoms with van der Waals surface area (Å²) in [6.07, 6.45) is 0. The normalized spacial score (nSPS) is 11.8. The number of nitrogens with zero attached hydrogens (tertiary/aromatic N) is 2. The number of anilines is 1. The van der Waals surface area contributed by atoms with Gasteiger partial charge in [0.1, 0.15) is 17.2 Å². The zero-order valence-electron chi connectivity index (χ0n) is 18.6. The molecule has 2 heterocycles. The number of phenols is 1. The van der Waals surface area contributed by atoms with Crippen LogP contribution < -0.4 is 15.5 Å². The third-order valence-electron chi connectivity index (χ3n) is 5.53. The lowest BCUT2D eigenvalue weighted by Gasteiger charge is -2.10. The summed E-state index contributed by atoms with van der Waals surface area (Å²) in [5, 5.41) is 17.4. The van der Waals surface area contributed by atoms with Crippen molar-refractivity contribution in [2.45, 2.75) is 13.8 Å². The van der Waals surface area contributed by atoms with Crippen molar-refractivity contribution in [2.75, 3.05) is 12.5 Å². The lowest BCUT2D eigenvalue weighted by atomic mass is 10.1. The molecule has 3 aromatic carbocycles. The Hall–Kier alpha value is -4.32. The second-order valence-electron chi connectivity index (χ2n) is 7.95. The molecule has 0 radical (unpaired) electrons. The van der Waals surface area contributed by atoms with Crippen LogP contribution >= 0.6 is 0 Å². The number of fused-ring (bicyclic) bond motifs is 2. The molecule has 164 valence electrons. The van der Waals surface area contributed by atoms with Gasteiger partial charge in [-0.25, -0.2) is 4.98 Å². The Morgan fingerprint density at radius 1 is 0.970 bits per heavy atom. The summed E-state index contributed by atoms with van der Waals surface area (Å²) < 4.78 is 11.6. The number of pyridine rings is 1. The Morgan fingerprint density at radius 2 is 1.82 bits per heavy atom. The largest absolute Gasteiger partial charge is 0.504 e. The van der Waals surface area contributed by atoms with Gasteiger partial charge < -0.3 is 14.3 Å². The summed E-state index contributed by atoms with van der Waals surface area (Å²) in [6, 6.07) is 23.0. The van der Waals surface area contributed by atoms with Gasteiger partial charge in [-0.3, -0.25) is 5.43 Å². The van der Waals surface area contributed by atoms with Gasteiger partial charge in [0, 0.05) is 22.4 Å². The number of hydrogen-bond acceptors (Lipinski definition) is 6. The Labute approximate surface area is 190 Å². The molecule has 6 nitrogen and oxygen atoms in total. The highest BCUT2D eigenvalue weighted by atomic mass is 16.5. The molecule has 0 aliphatic carbocycles. The summed E-state index contributed by atoms with van der Waals surface area (Å²) in [5.74, 6) is 1.71. The molecule has 6 heteroatoms. The van der Waals surface area contributed by atoms with Gasteiger partial charge in [-0.2, -0.15) is 5.10 Å². The van der Waals surface area contributed by atoms with Crippen LogP contribution in [-0.4, -0.2) is 17.2 Å². The Kier molecular flexibility index (Phi) is 5.18. The monoisotopic (exact) mass is 437 g/mol. The van der Waals surface area contributed by atoms with Crippen LogP contribution in [0, 0.1) is 13.8 Å². The van der Waals surface area contributed by atoms with Crippen molar-refractivity contribution in [3.05, 3.63) is 89.3 Å². The number of hydrogen-bond donors (Lipinski definition) is 2. The second kappa shape index (κ2) is 8.31. The Morgan fingerprint density at radius 3 is 2.67 bits per heavy atom. The topological polar surface area (TPSA) is 79.9 Å². The molecule has 0 spiro atoms. The molecule has 2 aromatic heterocycles. The van der Waals surface area contributed by atoms with Gasteiger partial charge in [0.15, 0.2) is 11.5 Å².